The van der Waals surface area contributed by atoms with Gasteiger partial charge >= 0.3 is 0 Å². The molecule has 128 valence electrons. The molecule has 3 aromatic rings. The van der Waals surface area contributed by atoms with E-state index in [1.807, 2.05) is 48.5 Å². The maximum atomic E-state index is 12.6. The van der Waals surface area contributed by atoms with Gasteiger partial charge in [0.05, 0.1) is 14.2 Å². The van der Waals surface area contributed by atoms with Crippen molar-refractivity contribution in [3.8, 4) is 22.1 Å². The fraction of sp³-hybridized carbons (Fsp3) is 0.158. The largest absolute Gasteiger partial charge is 0.493 e. The number of rotatable bonds is 5. The first kappa shape index (κ1) is 17.0. The summed E-state index contributed by atoms with van der Waals surface area (Å²) in [6.07, 6.45) is 0. The van der Waals surface area contributed by atoms with Crippen molar-refractivity contribution in [2.75, 3.05) is 26.2 Å². The van der Waals surface area contributed by atoms with Crippen LogP contribution in [-0.2, 0) is 0 Å². The molecule has 6 heteroatoms. The SMILES string of the molecule is COc1ccc(-c2nc(C(=O)N(C)c3ccccc3)cs2)cc1OC. The van der Waals surface area contributed by atoms with Crippen molar-refractivity contribution in [2.45, 2.75) is 0 Å². The van der Waals surface area contributed by atoms with Crippen LogP contribution >= 0.6 is 11.3 Å². The van der Waals surface area contributed by atoms with Crippen LogP contribution in [0.1, 0.15) is 10.5 Å². The number of carbonyl (C=O) groups excluding carboxylic acids is 1. The first-order valence-corrected chi connectivity index (χ1v) is 8.53. The van der Waals surface area contributed by atoms with E-state index in [4.69, 9.17) is 9.47 Å². The summed E-state index contributed by atoms with van der Waals surface area (Å²) in [6, 6.07) is 15.1. The molecule has 0 bridgehead atoms. The van der Waals surface area contributed by atoms with E-state index in [9.17, 15) is 4.79 Å². The minimum atomic E-state index is -0.144. The van der Waals surface area contributed by atoms with Crippen LogP contribution in [0.25, 0.3) is 10.6 Å². The van der Waals surface area contributed by atoms with Gasteiger partial charge in [0.25, 0.3) is 5.91 Å². The molecule has 1 amide bonds. The minimum Gasteiger partial charge on any atom is -0.493 e. The summed E-state index contributed by atoms with van der Waals surface area (Å²) in [5.41, 5.74) is 2.12. The molecular formula is C19H18N2O3S. The highest BCUT2D eigenvalue weighted by Gasteiger charge is 2.18. The molecule has 0 unspecified atom stereocenters. The van der Waals surface area contributed by atoms with Crippen molar-refractivity contribution in [2.24, 2.45) is 0 Å². The molecule has 0 N–H and O–H groups in total. The van der Waals surface area contributed by atoms with Crippen molar-refractivity contribution in [3.05, 3.63) is 59.6 Å². The lowest BCUT2D eigenvalue weighted by Crippen LogP contribution is -2.26. The van der Waals surface area contributed by atoms with Crippen LogP contribution in [-0.4, -0.2) is 32.2 Å². The number of nitrogens with zero attached hydrogens (tertiary/aromatic N) is 2. The number of anilines is 1. The molecule has 0 saturated carbocycles. The zero-order valence-electron chi connectivity index (χ0n) is 14.2. The molecule has 2 aromatic carbocycles. The number of carbonyl (C=O) groups is 1. The normalized spacial score (nSPS) is 10.4. The lowest BCUT2D eigenvalue weighted by atomic mass is 10.2. The summed E-state index contributed by atoms with van der Waals surface area (Å²) in [5.74, 6) is 1.14. The molecule has 1 heterocycles. The second-order valence-corrected chi connectivity index (χ2v) is 6.17. The molecule has 0 fully saturated rings. The van der Waals surface area contributed by atoms with Gasteiger partial charge in [0.2, 0.25) is 0 Å². The van der Waals surface area contributed by atoms with Gasteiger partial charge in [0.15, 0.2) is 11.5 Å². The summed E-state index contributed by atoms with van der Waals surface area (Å²) >= 11 is 1.42. The van der Waals surface area contributed by atoms with E-state index in [-0.39, 0.29) is 5.91 Å². The van der Waals surface area contributed by atoms with E-state index in [2.05, 4.69) is 4.98 Å². The van der Waals surface area contributed by atoms with Crippen molar-refractivity contribution in [1.82, 2.24) is 4.98 Å². The average Bonchev–Trinajstić information content (AvgIpc) is 3.17. The Hall–Kier alpha value is -2.86. The van der Waals surface area contributed by atoms with Gasteiger partial charge in [-0.1, -0.05) is 18.2 Å². The first-order valence-electron chi connectivity index (χ1n) is 7.65. The van der Waals surface area contributed by atoms with Crippen molar-refractivity contribution >= 4 is 22.9 Å². The molecule has 0 aliphatic rings. The number of amides is 1. The summed E-state index contributed by atoms with van der Waals surface area (Å²) < 4.78 is 10.6. The van der Waals surface area contributed by atoms with E-state index < -0.39 is 0 Å². The standard InChI is InChI=1S/C19H18N2O3S/c1-21(14-7-5-4-6-8-14)19(22)15-12-25-18(20-15)13-9-10-16(23-2)17(11-13)24-3/h4-12H,1-3H3. The lowest BCUT2D eigenvalue weighted by molar-refractivity contribution is 0.0989. The summed E-state index contributed by atoms with van der Waals surface area (Å²) in [7, 11) is 4.93. The molecule has 0 aliphatic carbocycles. The Balaban J connectivity index is 1.86. The van der Waals surface area contributed by atoms with Crippen molar-refractivity contribution < 1.29 is 14.3 Å². The smallest absolute Gasteiger partial charge is 0.277 e. The highest BCUT2D eigenvalue weighted by Crippen LogP contribution is 2.33. The van der Waals surface area contributed by atoms with Crippen LogP contribution in [0, 0.1) is 0 Å². The number of hydrogen-bond donors (Lipinski definition) is 0. The van der Waals surface area contributed by atoms with Gasteiger partial charge < -0.3 is 14.4 Å². The monoisotopic (exact) mass is 354 g/mol. The van der Waals surface area contributed by atoms with E-state index in [1.54, 1.807) is 31.5 Å². The van der Waals surface area contributed by atoms with Crippen molar-refractivity contribution in [1.29, 1.82) is 0 Å². The van der Waals surface area contributed by atoms with Crippen LogP contribution in [0.2, 0.25) is 0 Å². The van der Waals surface area contributed by atoms with Gasteiger partial charge in [-0.2, -0.15) is 0 Å². The van der Waals surface area contributed by atoms with Gasteiger partial charge in [0, 0.05) is 23.7 Å². The van der Waals surface area contributed by atoms with Crippen LogP contribution in [0.3, 0.4) is 0 Å². The number of ether oxygens (including phenoxy) is 2. The highest BCUT2D eigenvalue weighted by atomic mass is 32.1. The van der Waals surface area contributed by atoms with Crippen LogP contribution in [0.4, 0.5) is 5.69 Å². The summed E-state index contributed by atoms with van der Waals surface area (Å²) in [4.78, 5) is 18.7. The van der Waals surface area contributed by atoms with Gasteiger partial charge in [0.1, 0.15) is 10.7 Å². The first-order chi connectivity index (χ1) is 12.1. The molecule has 25 heavy (non-hydrogen) atoms. The predicted molar refractivity (Wildman–Crippen MR) is 99.8 cm³/mol. The van der Waals surface area contributed by atoms with E-state index in [0.717, 1.165) is 16.3 Å². The Bertz CT molecular complexity index is 877. The molecule has 0 radical (unpaired) electrons. The fourth-order valence-electron chi connectivity index (χ4n) is 2.41. The summed E-state index contributed by atoms with van der Waals surface area (Å²) in [6.45, 7) is 0. The van der Waals surface area contributed by atoms with Crippen LogP contribution < -0.4 is 14.4 Å². The molecule has 0 atom stereocenters. The minimum absolute atomic E-state index is 0.144. The quantitative estimate of drug-likeness (QED) is 0.692. The molecule has 0 aliphatic heterocycles. The van der Waals surface area contributed by atoms with Gasteiger partial charge in [-0.3, -0.25) is 4.79 Å². The fourth-order valence-corrected chi connectivity index (χ4v) is 3.21. The number of aromatic nitrogens is 1. The Morgan fingerprint density at radius 1 is 1.04 bits per heavy atom. The maximum Gasteiger partial charge on any atom is 0.277 e. The number of para-hydroxylation sites is 1. The number of thiazole rings is 1. The Kier molecular flexibility index (Phi) is 5.00. The highest BCUT2D eigenvalue weighted by molar-refractivity contribution is 7.13. The second kappa shape index (κ2) is 7.36. The molecule has 5 nitrogen and oxygen atoms in total. The zero-order chi connectivity index (χ0) is 17.8. The maximum absolute atomic E-state index is 12.6. The number of hydrogen-bond acceptors (Lipinski definition) is 5. The Morgan fingerprint density at radius 3 is 2.44 bits per heavy atom. The zero-order valence-corrected chi connectivity index (χ0v) is 15.0. The number of benzene rings is 2. The van der Waals surface area contributed by atoms with Gasteiger partial charge in [-0.25, -0.2) is 4.98 Å². The van der Waals surface area contributed by atoms with E-state index in [0.29, 0.717) is 17.2 Å². The topological polar surface area (TPSA) is 51.7 Å². The van der Waals surface area contributed by atoms with Crippen LogP contribution in [0.5, 0.6) is 11.5 Å². The van der Waals surface area contributed by atoms with Crippen LogP contribution in [0.15, 0.2) is 53.9 Å². The second-order valence-electron chi connectivity index (χ2n) is 5.31. The average molecular weight is 354 g/mol. The molecule has 3 rings (SSSR count). The van der Waals surface area contributed by atoms with Gasteiger partial charge in [-0.05, 0) is 30.3 Å². The van der Waals surface area contributed by atoms with Crippen molar-refractivity contribution in [3.63, 3.8) is 0 Å². The Morgan fingerprint density at radius 2 is 1.76 bits per heavy atom. The third kappa shape index (κ3) is 3.49. The third-order valence-electron chi connectivity index (χ3n) is 3.80. The third-order valence-corrected chi connectivity index (χ3v) is 4.69. The van der Waals surface area contributed by atoms with Gasteiger partial charge in [-0.15, -0.1) is 11.3 Å². The predicted octanol–water partition coefficient (Wildman–Crippen LogP) is 4.10. The van der Waals surface area contributed by atoms with E-state index in [1.165, 1.54) is 11.3 Å². The molecule has 0 saturated heterocycles. The molecule has 1 aromatic heterocycles. The molecule has 0 spiro atoms. The summed E-state index contributed by atoms with van der Waals surface area (Å²) in [5, 5.41) is 2.53. The molecular weight excluding hydrogens is 336 g/mol. The number of methoxy groups -OCH3 is 2. The van der Waals surface area contributed by atoms with E-state index >= 15 is 0 Å². The Labute approximate surface area is 150 Å². The lowest BCUT2D eigenvalue weighted by Gasteiger charge is -2.15.